The molecule has 0 aliphatic carbocycles. The van der Waals surface area contributed by atoms with Gasteiger partial charge in [0.05, 0.1) is 38.5 Å². The van der Waals surface area contributed by atoms with Crippen LogP contribution in [-0.4, -0.2) is 13.7 Å². The third kappa shape index (κ3) is 5.76. The summed E-state index contributed by atoms with van der Waals surface area (Å²) in [7, 11) is -3.49. The standard InChI is InChI=1S/C73H44N3O2PS/c77-79(48-18-2-1-3-19-48)69-32-16-9-25-57(69)73(60-43-56-53-24-8-15-31-67(53)78-68(56)44-70(60)79)58-26-10-17-33-71(58)80-72-42-47(34-37-59(72)73)76-65-38-35-45(74-61-27-11-4-20-49(61)50-21-5-12-28-62(50)74)40-54(65)55-41-46(36-39-66(55)76)75-63-29-13-6-22-51(63)52-23-7-14-30-64(52)75/h1-44H. The number of benzene rings is 12. The van der Waals surface area contributed by atoms with Crippen molar-refractivity contribution in [2.45, 2.75) is 15.2 Å². The van der Waals surface area contributed by atoms with Gasteiger partial charge in [0.25, 0.3) is 0 Å². The normalized spacial score (nSPS) is 16.6. The van der Waals surface area contributed by atoms with Crippen molar-refractivity contribution in [3.63, 3.8) is 0 Å². The lowest BCUT2D eigenvalue weighted by Gasteiger charge is -2.47. The van der Waals surface area contributed by atoms with Gasteiger partial charge in [-0.3, -0.25) is 0 Å². The molecule has 4 aromatic heterocycles. The van der Waals surface area contributed by atoms with Gasteiger partial charge >= 0.3 is 0 Å². The van der Waals surface area contributed by atoms with Crippen molar-refractivity contribution in [3.05, 3.63) is 289 Å². The van der Waals surface area contributed by atoms with Crippen molar-refractivity contribution in [1.82, 2.24) is 13.7 Å². The molecule has 16 aromatic rings. The molecule has 6 heterocycles. The highest BCUT2D eigenvalue weighted by atomic mass is 32.2. The fraction of sp³-hybridized carbons (Fsp3) is 0.0137. The van der Waals surface area contributed by atoms with Crippen LogP contribution in [0.25, 0.3) is 104 Å². The summed E-state index contributed by atoms with van der Waals surface area (Å²) in [4.78, 5) is 2.31. The summed E-state index contributed by atoms with van der Waals surface area (Å²) in [6.45, 7) is 0. The minimum atomic E-state index is -3.49. The quantitative estimate of drug-likeness (QED) is 0.165. The number of furan rings is 1. The zero-order chi connectivity index (χ0) is 52.4. The first-order chi connectivity index (χ1) is 39.6. The molecule has 0 N–H and O–H groups in total. The van der Waals surface area contributed by atoms with Crippen molar-refractivity contribution in [3.8, 4) is 17.1 Å². The highest BCUT2D eigenvalue weighted by Gasteiger charge is 2.54. The number of rotatable bonds is 4. The second kappa shape index (κ2) is 16.2. The van der Waals surface area contributed by atoms with E-state index in [9.17, 15) is 0 Å². The van der Waals surface area contributed by atoms with Gasteiger partial charge in [0, 0.05) is 85.9 Å². The Bertz CT molecular complexity index is 5130. The van der Waals surface area contributed by atoms with Crippen molar-refractivity contribution in [2.75, 3.05) is 0 Å². The second-order valence-electron chi connectivity index (χ2n) is 21.4. The number of para-hydroxylation sites is 5. The average Bonchev–Trinajstić information content (AvgIpc) is 3.57. The van der Waals surface area contributed by atoms with E-state index in [1.807, 2.05) is 54.2 Å². The predicted molar refractivity (Wildman–Crippen MR) is 332 cm³/mol. The van der Waals surface area contributed by atoms with E-state index in [0.29, 0.717) is 0 Å². The third-order valence-corrected chi connectivity index (χ3v) is 21.8. The van der Waals surface area contributed by atoms with Gasteiger partial charge in [-0.15, -0.1) is 0 Å². The van der Waals surface area contributed by atoms with Crippen LogP contribution in [0.15, 0.2) is 281 Å². The maximum atomic E-state index is 16.8. The van der Waals surface area contributed by atoms with E-state index >= 15 is 4.57 Å². The van der Waals surface area contributed by atoms with Crippen LogP contribution in [-0.2, 0) is 9.98 Å². The summed E-state index contributed by atoms with van der Waals surface area (Å²) in [5, 5.41) is 11.8. The van der Waals surface area contributed by atoms with Crippen LogP contribution in [0.5, 0.6) is 0 Å². The lowest BCUT2D eigenvalue weighted by molar-refractivity contribution is 0.589. The minimum absolute atomic E-state index is 0.735. The Kier molecular flexibility index (Phi) is 9.02. The van der Waals surface area contributed by atoms with E-state index < -0.39 is 12.6 Å². The van der Waals surface area contributed by atoms with Gasteiger partial charge in [0.15, 0.2) is 7.14 Å². The zero-order valence-electron chi connectivity index (χ0n) is 42.9. The topological polar surface area (TPSA) is 45.0 Å². The molecule has 2 unspecified atom stereocenters. The fourth-order valence-electron chi connectivity index (χ4n) is 14.3. The van der Waals surface area contributed by atoms with E-state index in [-0.39, 0.29) is 0 Å². The first-order valence-corrected chi connectivity index (χ1v) is 29.8. The highest BCUT2D eigenvalue weighted by molar-refractivity contribution is 7.99. The van der Waals surface area contributed by atoms with Crippen LogP contribution in [0.2, 0.25) is 0 Å². The lowest BCUT2D eigenvalue weighted by atomic mass is 9.64. The van der Waals surface area contributed by atoms with Crippen LogP contribution < -0.4 is 15.9 Å². The van der Waals surface area contributed by atoms with E-state index in [2.05, 4.69) is 238 Å². The molecular weight excluding hydrogens is 1010 g/mol. The summed E-state index contributed by atoms with van der Waals surface area (Å²) in [5.41, 5.74) is 15.3. The molecule has 2 aliphatic heterocycles. The number of hydrogen-bond donors (Lipinski definition) is 0. The van der Waals surface area contributed by atoms with E-state index in [0.717, 1.165) is 98.3 Å². The molecule has 7 heteroatoms. The molecule has 0 saturated heterocycles. The average molecular weight is 1060 g/mol. The van der Waals surface area contributed by atoms with Crippen LogP contribution in [0.4, 0.5) is 0 Å². The van der Waals surface area contributed by atoms with E-state index in [1.54, 1.807) is 0 Å². The Morgan fingerprint density at radius 1 is 0.312 bits per heavy atom. The van der Waals surface area contributed by atoms with Crippen LogP contribution >= 0.6 is 18.9 Å². The van der Waals surface area contributed by atoms with Gasteiger partial charge in [-0.05, 0) is 119 Å². The smallest absolute Gasteiger partial charge is 0.171 e. The molecule has 1 spiro atoms. The Balaban J connectivity index is 0.918. The minimum Gasteiger partial charge on any atom is -0.456 e. The molecular formula is C73H44N3O2PS. The summed E-state index contributed by atoms with van der Waals surface area (Å²) < 4.78 is 30.8. The first kappa shape index (κ1) is 44.4. The second-order valence-corrected chi connectivity index (χ2v) is 25.2. The van der Waals surface area contributed by atoms with Crippen LogP contribution in [0.3, 0.4) is 0 Å². The molecule has 5 nitrogen and oxygen atoms in total. The lowest BCUT2D eigenvalue weighted by Crippen LogP contribution is -2.48. The fourth-order valence-corrected chi connectivity index (χ4v) is 18.7. The van der Waals surface area contributed by atoms with Gasteiger partial charge in [0.2, 0.25) is 0 Å². The maximum Gasteiger partial charge on any atom is 0.171 e. The third-order valence-electron chi connectivity index (χ3n) is 17.6. The summed E-state index contributed by atoms with van der Waals surface area (Å²) in [6, 6.07) is 96.4. The largest absolute Gasteiger partial charge is 0.456 e. The van der Waals surface area contributed by atoms with Crippen molar-refractivity contribution >= 4 is 122 Å². The molecule has 0 saturated carbocycles. The highest BCUT2D eigenvalue weighted by Crippen LogP contribution is 2.62. The Hall–Kier alpha value is -9.58. The van der Waals surface area contributed by atoms with Crippen molar-refractivity contribution in [1.29, 1.82) is 0 Å². The molecule has 0 bridgehead atoms. The Labute approximate surface area is 463 Å². The number of fused-ring (bicyclic) bond motifs is 20. The summed E-state index contributed by atoms with van der Waals surface area (Å²) >= 11 is 1.82. The number of hydrogen-bond acceptors (Lipinski definition) is 3. The molecule has 0 fully saturated rings. The van der Waals surface area contributed by atoms with Crippen LogP contribution in [0.1, 0.15) is 22.3 Å². The summed E-state index contributed by atoms with van der Waals surface area (Å²) in [5.74, 6) is 0. The SMILES string of the molecule is O=P1(c2ccccc2)c2ccccc2C2(c3ccccc3Sc3cc(-n4c5ccc(-n6c7ccccc7c7ccccc76)cc5c5cc(-n6c7ccccc7c7ccccc76)ccc54)ccc32)c2cc3c(cc21)oc1ccccc13. The van der Waals surface area contributed by atoms with Crippen molar-refractivity contribution in [2.24, 2.45) is 0 Å². The van der Waals surface area contributed by atoms with Gasteiger partial charge in [-0.1, -0.05) is 182 Å². The number of nitrogens with zero attached hydrogens (tertiary/aromatic N) is 3. The van der Waals surface area contributed by atoms with Gasteiger partial charge < -0.3 is 22.7 Å². The molecule has 12 aromatic carbocycles. The maximum absolute atomic E-state index is 16.8. The Morgan fingerprint density at radius 2 is 0.775 bits per heavy atom. The van der Waals surface area contributed by atoms with Gasteiger partial charge in [0.1, 0.15) is 11.2 Å². The molecule has 2 aliphatic rings. The molecule has 0 radical (unpaired) electrons. The van der Waals surface area contributed by atoms with Crippen LogP contribution in [0, 0.1) is 0 Å². The zero-order valence-corrected chi connectivity index (χ0v) is 44.6. The van der Waals surface area contributed by atoms with E-state index in [4.69, 9.17) is 4.42 Å². The van der Waals surface area contributed by atoms with Crippen molar-refractivity contribution < 1.29 is 8.98 Å². The van der Waals surface area contributed by atoms with Gasteiger partial charge in [-0.2, -0.15) is 0 Å². The molecule has 18 rings (SSSR count). The molecule has 2 atom stereocenters. The van der Waals surface area contributed by atoms with E-state index in [1.165, 1.54) is 54.1 Å². The molecule has 0 amide bonds. The molecule has 374 valence electrons. The Morgan fingerprint density at radius 3 is 1.39 bits per heavy atom. The monoisotopic (exact) mass is 1060 g/mol. The number of aromatic nitrogens is 3. The molecule has 80 heavy (non-hydrogen) atoms. The first-order valence-electron chi connectivity index (χ1n) is 27.3. The predicted octanol–water partition coefficient (Wildman–Crippen LogP) is 17.7. The summed E-state index contributed by atoms with van der Waals surface area (Å²) in [6.07, 6.45) is 0. The van der Waals surface area contributed by atoms with Gasteiger partial charge in [-0.25, -0.2) is 0 Å².